The molecule has 1 unspecified atom stereocenters. The fraction of sp³-hybridized carbons (Fsp3) is 0.450. The van der Waals surface area contributed by atoms with Crippen molar-refractivity contribution in [3.8, 4) is 5.75 Å². The van der Waals surface area contributed by atoms with E-state index < -0.39 is 6.10 Å². The van der Waals surface area contributed by atoms with Crippen LogP contribution in [0.5, 0.6) is 5.75 Å². The van der Waals surface area contributed by atoms with E-state index in [9.17, 15) is 4.79 Å². The van der Waals surface area contributed by atoms with Crippen LogP contribution >= 0.6 is 0 Å². The predicted molar refractivity (Wildman–Crippen MR) is 93.7 cm³/mol. The molecule has 3 heteroatoms. The van der Waals surface area contributed by atoms with Gasteiger partial charge in [-0.15, -0.1) is 0 Å². The van der Waals surface area contributed by atoms with Crippen LogP contribution < -0.4 is 10.1 Å². The van der Waals surface area contributed by atoms with Gasteiger partial charge in [0.05, 0.1) is 0 Å². The van der Waals surface area contributed by atoms with Gasteiger partial charge in [0.2, 0.25) is 0 Å². The van der Waals surface area contributed by atoms with Crippen molar-refractivity contribution >= 4 is 16.7 Å². The lowest BCUT2D eigenvalue weighted by atomic mass is 10.1. The second-order valence-corrected chi connectivity index (χ2v) is 6.43. The van der Waals surface area contributed by atoms with Crippen LogP contribution in [0.25, 0.3) is 10.8 Å². The highest BCUT2D eigenvalue weighted by molar-refractivity contribution is 5.89. The monoisotopic (exact) mass is 311 g/mol. The van der Waals surface area contributed by atoms with Crippen LogP contribution in [0.2, 0.25) is 0 Å². The Bertz CT molecular complexity index is 654. The molecule has 3 nitrogen and oxygen atoms in total. The summed E-state index contributed by atoms with van der Waals surface area (Å²) in [5.74, 6) is 0.761. The van der Waals surface area contributed by atoms with E-state index in [0.29, 0.717) is 6.04 Å². The molecule has 0 spiro atoms. The highest BCUT2D eigenvalue weighted by Gasteiger charge is 2.20. The second kappa shape index (κ2) is 7.49. The summed E-state index contributed by atoms with van der Waals surface area (Å²) in [6.07, 6.45) is 6.69. The van der Waals surface area contributed by atoms with Gasteiger partial charge in [0.25, 0.3) is 5.91 Å². The van der Waals surface area contributed by atoms with Crippen LogP contribution in [-0.2, 0) is 4.79 Å². The Labute approximate surface area is 138 Å². The van der Waals surface area contributed by atoms with Gasteiger partial charge in [0.15, 0.2) is 6.10 Å². The van der Waals surface area contributed by atoms with E-state index in [1.165, 1.54) is 25.7 Å². The van der Waals surface area contributed by atoms with Gasteiger partial charge >= 0.3 is 0 Å². The first-order valence-electron chi connectivity index (χ1n) is 8.69. The summed E-state index contributed by atoms with van der Waals surface area (Å²) in [6.45, 7) is 1.83. The number of carbonyl (C=O) groups is 1. The van der Waals surface area contributed by atoms with Crippen LogP contribution in [0.15, 0.2) is 42.5 Å². The first kappa shape index (κ1) is 15.9. The van der Waals surface area contributed by atoms with Crippen molar-refractivity contribution in [3.63, 3.8) is 0 Å². The van der Waals surface area contributed by atoms with Gasteiger partial charge in [0, 0.05) is 11.4 Å². The summed E-state index contributed by atoms with van der Waals surface area (Å²) < 4.78 is 5.95. The Balaban J connectivity index is 1.65. The molecule has 1 aliphatic rings. The summed E-state index contributed by atoms with van der Waals surface area (Å²) >= 11 is 0. The molecule has 23 heavy (non-hydrogen) atoms. The lowest BCUT2D eigenvalue weighted by Gasteiger charge is -2.21. The summed E-state index contributed by atoms with van der Waals surface area (Å²) in [6, 6.07) is 14.3. The van der Waals surface area contributed by atoms with Crippen molar-refractivity contribution < 1.29 is 9.53 Å². The van der Waals surface area contributed by atoms with E-state index in [0.717, 1.165) is 29.4 Å². The number of nitrogens with one attached hydrogen (secondary N) is 1. The minimum Gasteiger partial charge on any atom is -0.480 e. The molecule has 0 aromatic heterocycles. The molecule has 0 bridgehead atoms. The summed E-state index contributed by atoms with van der Waals surface area (Å²) in [4.78, 5) is 12.4. The van der Waals surface area contributed by atoms with Crippen LogP contribution in [0.4, 0.5) is 0 Å². The number of fused-ring (bicyclic) bond motifs is 1. The molecular formula is C20H25NO2. The second-order valence-electron chi connectivity index (χ2n) is 6.43. The lowest BCUT2D eigenvalue weighted by molar-refractivity contribution is -0.128. The van der Waals surface area contributed by atoms with Crippen molar-refractivity contribution in [2.75, 3.05) is 0 Å². The number of amides is 1. The highest BCUT2D eigenvalue weighted by atomic mass is 16.5. The van der Waals surface area contributed by atoms with E-state index in [1.807, 2.05) is 37.3 Å². The topological polar surface area (TPSA) is 38.3 Å². The molecule has 0 radical (unpaired) electrons. The maximum Gasteiger partial charge on any atom is 0.260 e. The largest absolute Gasteiger partial charge is 0.480 e. The van der Waals surface area contributed by atoms with Crippen molar-refractivity contribution in [3.05, 3.63) is 42.5 Å². The third-order valence-electron chi connectivity index (χ3n) is 4.62. The molecule has 0 heterocycles. The number of hydrogen-bond acceptors (Lipinski definition) is 2. The van der Waals surface area contributed by atoms with Crippen molar-refractivity contribution in [1.82, 2.24) is 5.32 Å². The molecule has 122 valence electrons. The average molecular weight is 311 g/mol. The minimum absolute atomic E-state index is 0.00941. The molecule has 2 aromatic rings. The van der Waals surface area contributed by atoms with Crippen LogP contribution in [-0.4, -0.2) is 18.1 Å². The summed E-state index contributed by atoms with van der Waals surface area (Å²) in [5.41, 5.74) is 0. The zero-order valence-electron chi connectivity index (χ0n) is 13.8. The molecule has 1 atom stereocenters. The molecule has 0 saturated heterocycles. The fourth-order valence-electron chi connectivity index (χ4n) is 3.28. The van der Waals surface area contributed by atoms with Gasteiger partial charge in [-0.25, -0.2) is 0 Å². The summed E-state index contributed by atoms with van der Waals surface area (Å²) in [5, 5.41) is 5.33. The van der Waals surface area contributed by atoms with Crippen LogP contribution in [0, 0.1) is 0 Å². The van der Waals surface area contributed by atoms with E-state index in [2.05, 4.69) is 17.4 Å². The van der Waals surface area contributed by atoms with Gasteiger partial charge in [-0.3, -0.25) is 4.79 Å². The standard InChI is InChI=1S/C20H25NO2/c1-15(20(22)21-17-11-4-2-3-5-12-17)23-19-14-8-10-16-9-6-7-13-18(16)19/h6-10,13-15,17H,2-5,11-12H2,1H3,(H,21,22). The molecule has 3 rings (SSSR count). The Kier molecular flexibility index (Phi) is 5.16. The zero-order valence-corrected chi connectivity index (χ0v) is 13.8. The quantitative estimate of drug-likeness (QED) is 0.847. The van der Waals surface area contributed by atoms with Gasteiger partial charge in [-0.2, -0.15) is 0 Å². The Morgan fingerprint density at radius 1 is 1.04 bits per heavy atom. The molecule has 0 aliphatic heterocycles. The Morgan fingerprint density at radius 2 is 1.74 bits per heavy atom. The fourth-order valence-corrected chi connectivity index (χ4v) is 3.28. The van der Waals surface area contributed by atoms with Gasteiger partial charge in [-0.1, -0.05) is 62.1 Å². The Hall–Kier alpha value is -2.03. The first-order chi connectivity index (χ1) is 11.2. The van der Waals surface area contributed by atoms with E-state index in [-0.39, 0.29) is 5.91 Å². The van der Waals surface area contributed by atoms with E-state index in [4.69, 9.17) is 4.74 Å². The minimum atomic E-state index is -0.482. The molecule has 2 aromatic carbocycles. The normalized spacial score (nSPS) is 17.4. The number of rotatable bonds is 4. The van der Waals surface area contributed by atoms with Gasteiger partial charge in [-0.05, 0) is 31.2 Å². The molecule has 1 aliphatic carbocycles. The highest BCUT2D eigenvalue weighted by Crippen LogP contribution is 2.26. The molecule has 1 saturated carbocycles. The maximum absolute atomic E-state index is 12.4. The third kappa shape index (κ3) is 4.04. The predicted octanol–water partition coefficient (Wildman–Crippen LogP) is 4.45. The number of ether oxygens (including phenoxy) is 1. The molecule has 1 fully saturated rings. The number of carbonyl (C=O) groups excluding carboxylic acids is 1. The summed E-state index contributed by atoms with van der Waals surface area (Å²) in [7, 11) is 0. The van der Waals surface area contributed by atoms with Gasteiger partial charge in [0.1, 0.15) is 5.75 Å². The molecular weight excluding hydrogens is 286 g/mol. The number of hydrogen-bond donors (Lipinski definition) is 1. The molecule has 1 amide bonds. The smallest absolute Gasteiger partial charge is 0.260 e. The van der Waals surface area contributed by atoms with Crippen molar-refractivity contribution in [2.24, 2.45) is 0 Å². The first-order valence-corrected chi connectivity index (χ1v) is 8.69. The average Bonchev–Trinajstić information content (AvgIpc) is 2.84. The van der Waals surface area contributed by atoms with E-state index in [1.54, 1.807) is 0 Å². The SMILES string of the molecule is CC(Oc1cccc2ccccc12)C(=O)NC1CCCCCC1. The van der Waals surface area contributed by atoms with E-state index >= 15 is 0 Å². The van der Waals surface area contributed by atoms with Crippen molar-refractivity contribution in [1.29, 1.82) is 0 Å². The lowest BCUT2D eigenvalue weighted by Crippen LogP contribution is -2.42. The van der Waals surface area contributed by atoms with Crippen LogP contribution in [0.1, 0.15) is 45.4 Å². The zero-order chi connectivity index (χ0) is 16.1. The van der Waals surface area contributed by atoms with Crippen LogP contribution in [0.3, 0.4) is 0 Å². The maximum atomic E-state index is 12.4. The Morgan fingerprint density at radius 3 is 2.52 bits per heavy atom. The third-order valence-corrected chi connectivity index (χ3v) is 4.62. The van der Waals surface area contributed by atoms with Gasteiger partial charge < -0.3 is 10.1 Å². The van der Waals surface area contributed by atoms with Crippen molar-refractivity contribution in [2.45, 2.75) is 57.6 Å². The number of benzene rings is 2. The molecule has 1 N–H and O–H groups in total.